The lowest BCUT2D eigenvalue weighted by molar-refractivity contribution is -0.125. The van der Waals surface area contributed by atoms with E-state index in [0.29, 0.717) is 5.78 Å². The number of carbonyl (C=O) groups is 1. The Balaban J connectivity index is 1.82. The second-order valence-electron chi connectivity index (χ2n) is 5.67. The summed E-state index contributed by atoms with van der Waals surface area (Å²) in [5, 5.41) is 3.59. The molecule has 0 radical (unpaired) electrons. The molecule has 0 N–H and O–H groups in total. The first-order valence-corrected chi connectivity index (χ1v) is 8.13. The van der Waals surface area contributed by atoms with Crippen LogP contribution in [0.25, 0.3) is 10.1 Å². The minimum Gasteiger partial charge on any atom is -0.299 e. The van der Waals surface area contributed by atoms with Crippen LogP contribution in [-0.2, 0) is 11.2 Å². The third kappa shape index (κ3) is 2.59. The summed E-state index contributed by atoms with van der Waals surface area (Å²) in [7, 11) is 0. The maximum atomic E-state index is 12.1. The maximum absolute atomic E-state index is 12.1. The Hall–Kier alpha value is -1.15. The van der Waals surface area contributed by atoms with E-state index in [2.05, 4.69) is 36.6 Å². The third-order valence-corrected chi connectivity index (χ3v) is 5.49. The normalized spacial score (nSPS) is 23.9. The molecule has 1 aliphatic rings. The Bertz CT molecular complexity index is 584. The molecule has 1 aliphatic carbocycles. The van der Waals surface area contributed by atoms with Gasteiger partial charge in [0.1, 0.15) is 5.78 Å². The van der Waals surface area contributed by atoms with E-state index in [0.717, 1.165) is 31.6 Å². The lowest BCUT2D eigenvalue weighted by atomic mass is 9.77. The maximum Gasteiger partial charge on any atom is 0.136 e. The van der Waals surface area contributed by atoms with Gasteiger partial charge in [0.2, 0.25) is 0 Å². The fourth-order valence-electron chi connectivity index (χ4n) is 3.23. The van der Waals surface area contributed by atoms with Crippen LogP contribution in [0.4, 0.5) is 0 Å². The van der Waals surface area contributed by atoms with Crippen LogP contribution < -0.4 is 0 Å². The van der Waals surface area contributed by atoms with Crippen molar-refractivity contribution in [2.24, 2.45) is 11.8 Å². The van der Waals surface area contributed by atoms with Crippen LogP contribution >= 0.6 is 11.3 Å². The molecule has 2 heteroatoms. The van der Waals surface area contributed by atoms with Crippen LogP contribution in [-0.4, -0.2) is 5.78 Å². The number of fused-ring (bicyclic) bond motifs is 1. The number of carbonyl (C=O) groups excluding carboxylic acids is 1. The van der Waals surface area contributed by atoms with Crippen molar-refractivity contribution < 1.29 is 4.79 Å². The average Bonchev–Trinajstić information content (AvgIpc) is 2.85. The zero-order valence-electron chi connectivity index (χ0n) is 11.4. The zero-order valence-corrected chi connectivity index (χ0v) is 12.2. The summed E-state index contributed by atoms with van der Waals surface area (Å²) in [5.41, 5.74) is 1.37. The summed E-state index contributed by atoms with van der Waals surface area (Å²) >= 11 is 1.80. The van der Waals surface area contributed by atoms with E-state index in [1.807, 2.05) is 0 Å². The number of thiophene rings is 1. The second kappa shape index (κ2) is 5.46. The number of ketones is 1. The molecule has 19 heavy (non-hydrogen) atoms. The highest BCUT2D eigenvalue weighted by atomic mass is 32.1. The van der Waals surface area contributed by atoms with Gasteiger partial charge in [0.25, 0.3) is 0 Å². The smallest absolute Gasteiger partial charge is 0.136 e. The summed E-state index contributed by atoms with van der Waals surface area (Å²) < 4.78 is 1.34. The number of hydrogen-bond donors (Lipinski definition) is 0. The molecule has 100 valence electrons. The van der Waals surface area contributed by atoms with Crippen molar-refractivity contribution in [2.45, 2.75) is 39.0 Å². The van der Waals surface area contributed by atoms with Crippen LogP contribution in [0.5, 0.6) is 0 Å². The van der Waals surface area contributed by atoms with Crippen LogP contribution in [0.15, 0.2) is 29.6 Å². The predicted octanol–water partition coefficient (Wildman–Crippen LogP) is 4.84. The molecule has 3 rings (SSSR count). The van der Waals surface area contributed by atoms with Crippen LogP contribution in [0.3, 0.4) is 0 Å². The Morgan fingerprint density at radius 2 is 2.16 bits per heavy atom. The van der Waals surface area contributed by atoms with Gasteiger partial charge >= 0.3 is 0 Å². The third-order valence-electron chi connectivity index (χ3n) is 4.48. The molecule has 1 heterocycles. The summed E-state index contributed by atoms with van der Waals surface area (Å²) in [6.45, 7) is 2.25. The van der Waals surface area contributed by atoms with Gasteiger partial charge in [-0.15, -0.1) is 11.3 Å². The largest absolute Gasteiger partial charge is 0.299 e. The van der Waals surface area contributed by atoms with Gasteiger partial charge in [-0.25, -0.2) is 0 Å². The van der Waals surface area contributed by atoms with E-state index in [9.17, 15) is 4.79 Å². The quantitative estimate of drug-likeness (QED) is 0.781. The lowest BCUT2D eigenvalue weighted by Gasteiger charge is -2.27. The minimum atomic E-state index is 0.261. The van der Waals surface area contributed by atoms with Crippen molar-refractivity contribution in [1.29, 1.82) is 0 Å². The topological polar surface area (TPSA) is 17.1 Å². The predicted molar refractivity (Wildman–Crippen MR) is 81.7 cm³/mol. The average molecular weight is 272 g/mol. The lowest BCUT2D eigenvalue weighted by Crippen LogP contribution is -2.26. The second-order valence-corrected chi connectivity index (χ2v) is 6.58. The van der Waals surface area contributed by atoms with Crippen molar-refractivity contribution in [3.8, 4) is 0 Å². The molecule has 1 nitrogen and oxygen atoms in total. The Morgan fingerprint density at radius 1 is 1.32 bits per heavy atom. The highest BCUT2D eigenvalue weighted by molar-refractivity contribution is 7.17. The first-order valence-electron chi connectivity index (χ1n) is 7.25. The summed E-state index contributed by atoms with van der Waals surface area (Å²) in [6, 6.07) is 8.53. The molecule has 2 atom stereocenters. The fourth-order valence-corrected chi connectivity index (χ4v) is 4.20. The molecule has 2 unspecified atom stereocenters. The van der Waals surface area contributed by atoms with E-state index < -0.39 is 0 Å². The van der Waals surface area contributed by atoms with Crippen molar-refractivity contribution in [2.75, 3.05) is 0 Å². The molecule has 1 saturated carbocycles. The van der Waals surface area contributed by atoms with Gasteiger partial charge in [0.05, 0.1) is 0 Å². The highest BCUT2D eigenvalue weighted by Crippen LogP contribution is 2.34. The van der Waals surface area contributed by atoms with Gasteiger partial charge in [-0.1, -0.05) is 31.5 Å². The minimum absolute atomic E-state index is 0.261. The number of rotatable bonds is 3. The zero-order chi connectivity index (χ0) is 13.2. The van der Waals surface area contributed by atoms with Crippen LogP contribution in [0.2, 0.25) is 0 Å². The molecule has 1 aromatic heterocycles. The Kier molecular flexibility index (Phi) is 3.69. The Morgan fingerprint density at radius 3 is 3.00 bits per heavy atom. The summed E-state index contributed by atoms with van der Waals surface area (Å²) in [4.78, 5) is 12.1. The van der Waals surface area contributed by atoms with Crippen molar-refractivity contribution >= 4 is 27.2 Å². The van der Waals surface area contributed by atoms with Gasteiger partial charge in [0.15, 0.2) is 0 Å². The SMILES string of the molecule is CCC1CCC(=O)C(Cc2csc3ccccc23)C1. The molecule has 1 aromatic carbocycles. The molecule has 0 amide bonds. The van der Waals surface area contributed by atoms with Gasteiger partial charge in [0, 0.05) is 17.0 Å². The van der Waals surface area contributed by atoms with E-state index in [1.165, 1.54) is 22.1 Å². The fraction of sp³-hybridized carbons (Fsp3) is 0.471. The molecule has 0 aliphatic heterocycles. The van der Waals surface area contributed by atoms with Crippen molar-refractivity contribution in [3.63, 3.8) is 0 Å². The number of benzene rings is 1. The molecule has 2 aromatic rings. The number of Topliss-reactive ketones (excluding diaryl/α,β-unsaturated/α-hetero) is 1. The van der Waals surface area contributed by atoms with E-state index >= 15 is 0 Å². The molecule has 0 bridgehead atoms. The van der Waals surface area contributed by atoms with E-state index in [-0.39, 0.29) is 5.92 Å². The van der Waals surface area contributed by atoms with E-state index in [4.69, 9.17) is 0 Å². The Labute approximate surface area is 118 Å². The van der Waals surface area contributed by atoms with Crippen LogP contribution in [0.1, 0.15) is 38.2 Å². The van der Waals surface area contributed by atoms with Gasteiger partial charge in [-0.3, -0.25) is 4.79 Å². The van der Waals surface area contributed by atoms with Crippen molar-refractivity contribution in [1.82, 2.24) is 0 Å². The van der Waals surface area contributed by atoms with Crippen molar-refractivity contribution in [3.05, 3.63) is 35.2 Å². The molecule has 0 saturated heterocycles. The molecular formula is C17H20OS. The highest BCUT2D eigenvalue weighted by Gasteiger charge is 2.28. The first-order chi connectivity index (χ1) is 9.28. The summed E-state index contributed by atoms with van der Waals surface area (Å²) in [5.74, 6) is 1.50. The van der Waals surface area contributed by atoms with E-state index in [1.54, 1.807) is 11.3 Å². The van der Waals surface area contributed by atoms with Gasteiger partial charge < -0.3 is 0 Å². The molecule has 0 spiro atoms. The van der Waals surface area contributed by atoms with Gasteiger partial charge in [-0.05, 0) is 47.6 Å². The molecule has 1 fully saturated rings. The monoisotopic (exact) mass is 272 g/mol. The molecular weight excluding hydrogens is 252 g/mol. The number of hydrogen-bond acceptors (Lipinski definition) is 2. The summed E-state index contributed by atoms with van der Waals surface area (Å²) in [6.07, 6.45) is 5.16. The van der Waals surface area contributed by atoms with Gasteiger partial charge in [-0.2, -0.15) is 0 Å². The first kappa shape index (κ1) is 12.9. The standard InChI is InChI=1S/C17H20OS/c1-2-12-7-8-16(18)13(9-12)10-14-11-19-17-6-4-3-5-15(14)17/h3-6,11-13H,2,7-10H2,1H3. The van der Waals surface area contributed by atoms with Crippen LogP contribution in [0, 0.1) is 11.8 Å².